The molecule has 0 aliphatic heterocycles. The average molecular weight is 299 g/mol. The zero-order chi connectivity index (χ0) is 15.5. The Labute approximate surface area is 130 Å². The van der Waals surface area contributed by atoms with Gasteiger partial charge in [0.1, 0.15) is 5.76 Å². The summed E-state index contributed by atoms with van der Waals surface area (Å²) >= 11 is 0. The zero-order valence-electron chi connectivity index (χ0n) is 13.0. The second kappa shape index (κ2) is 6.32. The summed E-state index contributed by atoms with van der Waals surface area (Å²) < 4.78 is 4.95. The van der Waals surface area contributed by atoms with E-state index in [0.717, 1.165) is 19.3 Å². The number of nitrogens with zero attached hydrogens (tertiary/aromatic N) is 2. The van der Waals surface area contributed by atoms with E-state index >= 15 is 0 Å². The molecule has 1 aromatic carbocycles. The smallest absolute Gasteiger partial charge is 0.239 e. The van der Waals surface area contributed by atoms with E-state index in [1.807, 2.05) is 7.05 Å². The average Bonchev–Trinajstić information content (AvgIpc) is 2.91. The highest BCUT2D eigenvalue weighted by atomic mass is 16.5. The zero-order valence-corrected chi connectivity index (χ0v) is 13.0. The third-order valence-electron chi connectivity index (χ3n) is 4.16. The molecule has 116 valence electrons. The molecule has 2 aromatic rings. The Morgan fingerprint density at radius 2 is 2.27 bits per heavy atom. The summed E-state index contributed by atoms with van der Waals surface area (Å²) in [5, 5.41) is 6.56. The highest BCUT2D eigenvalue weighted by Gasteiger charge is 2.24. The van der Waals surface area contributed by atoms with Crippen molar-refractivity contribution < 1.29 is 9.32 Å². The van der Waals surface area contributed by atoms with Gasteiger partial charge in [-0.2, -0.15) is 0 Å². The predicted molar refractivity (Wildman–Crippen MR) is 84.6 cm³/mol. The first kappa shape index (κ1) is 14.8. The summed E-state index contributed by atoms with van der Waals surface area (Å²) in [5.41, 5.74) is 2.75. The van der Waals surface area contributed by atoms with Crippen molar-refractivity contribution in [2.24, 2.45) is 0 Å². The van der Waals surface area contributed by atoms with Crippen LogP contribution >= 0.6 is 0 Å². The number of fused-ring (bicyclic) bond motifs is 1. The van der Waals surface area contributed by atoms with Crippen molar-refractivity contribution in [2.45, 2.75) is 32.2 Å². The van der Waals surface area contributed by atoms with Crippen LogP contribution in [0.25, 0.3) is 0 Å². The number of rotatable bonds is 4. The molecule has 1 amide bonds. The monoisotopic (exact) mass is 299 g/mol. The number of carbonyl (C=O) groups excluding carboxylic acids is 1. The number of aryl methyl sites for hydroxylation is 2. The Morgan fingerprint density at radius 1 is 1.45 bits per heavy atom. The van der Waals surface area contributed by atoms with Crippen molar-refractivity contribution in [3.63, 3.8) is 0 Å². The molecule has 0 bridgehead atoms. The molecule has 22 heavy (non-hydrogen) atoms. The highest BCUT2D eigenvalue weighted by Crippen LogP contribution is 2.33. The standard InChI is InChI=1S/C17H21N3O2/c1-12-10-16(19-22-12)18-17(21)11-20(2)15-9-5-7-13-6-3-4-8-14(13)15/h3-4,6,8,10,15H,5,7,9,11H2,1-2H3,(H,18,19,21)/t15-/m0/s1. The van der Waals surface area contributed by atoms with Gasteiger partial charge in [-0.3, -0.25) is 9.69 Å². The molecule has 5 nitrogen and oxygen atoms in total. The van der Waals surface area contributed by atoms with Gasteiger partial charge < -0.3 is 9.84 Å². The Hall–Kier alpha value is -2.14. The van der Waals surface area contributed by atoms with Gasteiger partial charge >= 0.3 is 0 Å². The molecule has 0 fully saturated rings. The second-order valence-corrected chi connectivity index (χ2v) is 5.89. The van der Waals surface area contributed by atoms with Gasteiger partial charge in [0.25, 0.3) is 0 Å². The number of hydrogen-bond acceptors (Lipinski definition) is 4. The minimum Gasteiger partial charge on any atom is -0.360 e. The van der Waals surface area contributed by atoms with Crippen molar-refractivity contribution in [3.05, 3.63) is 47.2 Å². The van der Waals surface area contributed by atoms with Crippen molar-refractivity contribution in [1.82, 2.24) is 10.1 Å². The number of aromatic nitrogens is 1. The number of anilines is 1. The molecule has 0 radical (unpaired) electrons. The van der Waals surface area contributed by atoms with Crippen LogP contribution in [0.5, 0.6) is 0 Å². The van der Waals surface area contributed by atoms with Crippen LogP contribution in [-0.2, 0) is 11.2 Å². The molecule has 5 heteroatoms. The maximum atomic E-state index is 12.2. The maximum absolute atomic E-state index is 12.2. The van der Waals surface area contributed by atoms with Gasteiger partial charge in [-0.15, -0.1) is 0 Å². The first-order valence-electron chi connectivity index (χ1n) is 7.64. The quantitative estimate of drug-likeness (QED) is 0.943. The number of benzene rings is 1. The van der Waals surface area contributed by atoms with Crippen molar-refractivity contribution in [1.29, 1.82) is 0 Å². The van der Waals surface area contributed by atoms with Gasteiger partial charge in [-0.05, 0) is 44.4 Å². The Balaban J connectivity index is 1.65. The number of nitrogens with one attached hydrogen (secondary N) is 1. The van der Waals surface area contributed by atoms with E-state index in [1.54, 1.807) is 13.0 Å². The fraction of sp³-hybridized carbons (Fsp3) is 0.412. The molecule has 0 saturated carbocycles. The molecular formula is C17H21N3O2. The van der Waals surface area contributed by atoms with Crippen LogP contribution in [0.15, 0.2) is 34.9 Å². The lowest BCUT2D eigenvalue weighted by Crippen LogP contribution is -2.34. The number of amides is 1. The fourth-order valence-electron chi connectivity index (χ4n) is 3.13. The van der Waals surface area contributed by atoms with Gasteiger partial charge in [0.15, 0.2) is 5.82 Å². The summed E-state index contributed by atoms with van der Waals surface area (Å²) in [7, 11) is 2.00. The largest absolute Gasteiger partial charge is 0.360 e. The molecule has 1 aliphatic rings. The van der Waals surface area contributed by atoms with Crippen LogP contribution < -0.4 is 5.32 Å². The SMILES string of the molecule is Cc1cc(NC(=O)CN(C)[C@H]2CCCc3ccccc32)no1. The molecule has 0 saturated heterocycles. The van der Waals surface area contributed by atoms with Crippen molar-refractivity contribution >= 4 is 11.7 Å². The van der Waals surface area contributed by atoms with E-state index < -0.39 is 0 Å². The minimum atomic E-state index is -0.0705. The Morgan fingerprint density at radius 3 is 3.05 bits per heavy atom. The summed E-state index contributed by atoms with van der Waals surface area (Å²) in [6, 6.07) is 10.5. The number of carbonyl (C=O) groups is 1. The third kappa shape index (κ3) is 3.20. The van der Waals surface area contributed by atoms with Gasteiger partial charge in [0, 0.05) is 12.1 Å². The molecule has 1 atom stereocenters. The summed E-state index contributed by atoms with van der Waals surface area (Å²) in [4.78, 5) is 14.3. The van der Waals surface area contributed by atoms with Crippen LogP contribution in [-0.4, -0.2) is 29.6 Å². The molecule has 3 rings (SSSR count). The molecular weight excluding hydrogens is 278 g/mol. The van der Waals surface area contributed by atoms with E-state index in [4.69, 9.17) is 4.52 Å². The van der Waals surface area contributed by atoms with E-state index in [-0.39, 0.29) is 5.91 Å². The number of likely N-dealkylation sites (N-methyl/N-ethyl adjacent to an activating group) is 1. The van der Waals surface area contributed by atoms with Gasteiger partial charge in [-0.1, -0.05) is 29.4 Å². The number of hydrogen-bond donors (Lipinski definition) is 1. The minimum absolute atomic E-state index is 0.0705. The van der Waals surface area contributed by atoms with Crippen LogP contribution in [0.3, 0.4) is 0 Å². The van der Waals surface area contributed by atoms with Crippen LogP contribution in [0.4, 0.5) is 5.82 Å². The Kier molecular flexibility index (Phi) is 4.24. The molecule has 1 heterocycles. The summed E-state index contributed by atoms with van der Waals surface area (Å²) in [6.45, 7) is 2.14. The van der Waals surface area contributed by atoms with Crippen LogP contribution in [0.2, 0.25) is 0 Å². The van der Waals surface area contributed by atoms with Gasteiger partial charge in [0.05, 0.1) is 6.54 Å². The topological polar surface area (TPSA) is 58.4 Å². The van der Waals surface area contributed by atoms with Crippen LogP contribution in [0.1, 0.15) is 35.8 Å². The first-order valence-corrected chi connectivity index (χ1v) is 7.64. The first-order chi connectivity index (χ1) is 10.6. The van der Waals surface area contributed by atoms with E-state index in [1.165, 1.54) is 11.1 Å². The van der Waals surface area contributed by atoms with Crippen molar-refractivity contribution in [3.8, 4) is 0 Å². The summed E-state index contributed by atoms with van der Waals surface area (Å²) in [5.74, 6) is 1.09. The fourth-order valence-corrected chi connectivity index (χ4v) is 3.13. The molecule has 1 aromatic heterocycles. The molecule has 0 unspecified atom stereocenters. The van der Waals surface area contributed by atoms with E-state index in [9.17, 15) is 4.79 Å². The second-order valence-electron chi connectivity index (χ2n) is 5.89. The normalized spacial score (nSPS) is 17.3. The predicted octanol–water partition coefficient (Wildman–Crippen LogP) is 2.93. The van der Waals surface area contributed by atoms with Crippen molar-refractivity contribution in [2.75, 3.05) is 18.9 Å². The van der Waals surface area contributed by atoms with E-state index in [2.05, 4.69) is 39.6 Å². The van der Waals surface area contributed by atoms with E-state index in [0.29, 0.717) is 24.2 Å². The van der Waals surface area contributed by atoms with Gasteiger partial charge in [0.2, 0.25) is 5.91 Å². The summed E-state index contributed by atoms with van der Waals surface area (Å²) in [6.07, 6.45) is 3.38. The Bertz CT molecular complexity index is 665. The lowest BCUT2D eigenvalue weighted by molar-refractivity contribution is -0.117. The van der Waals surface area contributed by atoms with Gasteiger partial charge in [-0.25, -0.2) is 0 Å². The molecule has 1 aliphatic carbocycles. The third-order valence-corrected chi connectivity index (χ3v) is 4.16. The maximum Gasteiger partial charge on any atom is 0.239 e. The molecule has 1 N–H and O–H groups in total. The molecule has 0 spiro atoms. The lowest BCUT2D eigenvalue weighted by atomic mass is 9.87. The lowest BCUT2D eigenvalue weighted by Gasteiger charge is -2.32. The highest BCUT2D eigenvalue weighted by molar-refractivity contribution is 5.91. The van der Waals surface area contributed by atoms with Crippen LogP contribution in [0, 0.1) is 6.92 Å².